The highest BCUT2D eigenvalue weighted by molar-refractivity contribution is 7.89. The third-order valence-corrected chi connectivity index (χ3v) is 6.09. The summed E-state index contributed by atoms with van der Waals surface area (Å²) in [6.45, 7) is 3.19. The summed E-state index contributed by atoms with van der Waals surface area (Å²) in [7, 11) is -2.47. The molecular formula is C12H18N2O4S2. The summed E-state index contributed by atoms with van der Waals surface area (Å²) in [5.41, 5.74) is 0.562. The van der Waals surface area contributed by atoms with Crippen molar-refractivity contribution in [2.75, 3.05) is 20.2 Å². The van der Waals surface area contributed by atoms with Crippen molar-refractivity contribution in [1.29, 1.82) is 0 Å². The fourth-order valence-electron chi connectivity index (χ4n) is 2.23. The van der Waals surface area contributed by atoms with E-state index in [4.69, 9.17) is 0 Å². The summed E-state index contributed by atoms with van der Waals surface area (Å²) in [5, 5.41) is 4.80. The maximum Gasteiger partial charge on any atom is 0.349 e. The Morgan fingerprint density at radius 1 is 1.55 bits per heavy atom. The maximum atomic E-state index is 12.5. The molecule has 2 rings (SSSR count). The highest BCUT2D eigenvalue weighted by Crippen LogP contribution is 2.27. The van der Waals surface area contributed by atoms with Crippen molar-refractivity contribution >= 4 is 27.3 Å². The van der Waals surface area contributed by atoms with Crippen LogP contribution < -0.4 is 10.0 Å². The van der Waals surface area contributed by atoms with Crippen molar-refractivity contribution < 1.29 is 17.9 Å². The van der Waals surface area contributed by atoms with Gasteiger partial charge in [-0.25, -0.2) is 17.9 Å². The molecule has 1 aromatic rings. The number of thiophene rings is 1. The van der Waals surface area contributed by atoms with Gasteiger partial charge in [-0.05, 0) is 37.3 Å². The van der Waals surface area contributed by atoms with E-state index in [0.717, 1.165) is 30.7 Å². The molecule has 0 bridgehead atoms. The molecule has 1 aliphatic heterocycles. The van der Waals surface area contributed by atoms with Crippen molar-refractivity contribution in [3.8, 4) is 0 Å². The second-order valence-corrected chi connectivity index (χ2v) is 7.26. The predicted molar refractivity (Wildman–Crippen MR) is 76.6 cm³/mol. The quantitative estimate of drug-likeness (QED) is 0.805. The van der Waals surface area contributed by atoms with Crippen LogP contribution in [0.2, 0.25) is 0 Å². The molecule has 112 valence electrons. The number of rotatable bonds is 4. The molecule has 0 amide bonds. The van der Waals surface area contributed by atoms with E-state index in [0.29, 0.717) is 12.1 Å². The Labute approximate surface area is 122 Å². The fourth-order valence-corrected chi connectivity index (χ4v) is 5.21. The van der Waals surface area contributed by atoms with E-state index >= 15 is 0 Å². The van der Waals surface area contributed by atoms with E-state index in [1.54, 1.807) is 12.3 Å². The number of piperidine rings is 1. The van der Waals surface area contributed by atoms with E-state index in [9.17, 15) is 13.2 Å². The smallest absolute Gasteiger partial charge is 0.349 e. The lowest BCUT2D eigenvalue weighted by Crippen LogP contribution is -2.45. The number of carbonyl (C=O) groups excluding carboxylic acids is 1. The van der Waals surface area contributed by atoms with Crippen LogP contribution in [0.1, 0.15) is 28.1 Å². The Morgan fingerprint density at radius 3 is 2.90 bits per heavy atom. The number of hydrogen-bond acceptors (Lipinski definition) is 6. The number of carbonyl (C=O) groups is 1. The first kappa shape index (κ1) is 15.4. The zero-order valence-corrected chi connectivity index (χ0v) is 13.1. The van der Waals surface area contributed by atoms with Crippen molar-refractivity contribution in [1.82, 2.24) is 10.0 Å². The minimum atomic E-state index is -3.71. The van der Waals surface area contributed by atoms with Gasteiger partial charge in [-0.15, -0.1) is 11.3 Å². The van der Waals surface area contributed by atoms with Gasteiger partial charge in [0, 0.05) is 12.6 Å². The number of nitrogens with one attached hydrogen (secondary N) is 2. The molecule has 1 fully saturated rings. The molecule has 1 saturated heterocycles. The number of hydrogen-bond donors (Lipinski definition) is 2. The van der Waals surface area contributed by atoms with E-state index in [2.05, 4.69) is 14.8 Å². The van der Waals surface area contributed by atoms with Crippen molar-refractivity contribution in [2.45, 2.75) is 30.7 Å². The largest absolute Gasteiger partial charge is 0.465 e. The van der Waals surface area contributed by atoms with Crippen LogP contribution >= 0.6 is 11.3 Å². The molecule has 1 atom stereocenters. The topological polar surface area (TPSA) is 84.5 Å². The SMILES string of the molecule is COC(=O)c1scc(C)c1S(=O)(=O)N[C@H]1CCCNC1. The molecule has 1 aliphatic rings. The second kappa shape index (κ2) is 6.21. The minimum absolute atomic E-state index is 0.0416. The molecule has 6 nitrogen and oxygen atoms in total. The molecule has 0 unspecified atom stereocenters. The monoisotopic (exact) mass is 318 g/mol. The molecule has 2 N–H and O–H groups in total. The molecule has 0 saturated carbocycles. The zero-order valence-electron chi connectivity index (χ0n) is 11.4. The first-order valence-corrected chi connectivity index (χ1v) is 8.71. The van der Waals surface area contributed by atoms with Crippen molar-refractivity contribution in [3.63, 3.8) is 0 Å². The van der Waals surface area contributed by atoms with Crippen LogP contribution in [0, 0.1) is 6.92 Å². The highest BCUT2D eigenvalue weighted by Gasteiger charge is 2.29. The van der Waals surface area contributed by atoms with Crippen molar-refractivity contribution in [3.05, 3.63) is 15.8 Å². The molecule has 0 aromatic carbocycles. The van der Waals surface area contributed by atoms with Crippen LogP contribution in [-0.2, 0) is 14.8 Å². The van der Waals surface area contributed by atoms with E-state index in [-0.39, 0.29) is 15.8 Å². The normalized spacial score (nSPS) is 19.8. The molecule has 8 heteroatoms. The molecule has 0 radical (unpaired) electrons. The van der Waals surface area contributed by atoms with E-state index < -0.39 is 16.0 Å². The molecule has 0 aliphatic carbocycles. The Bertz CT molecular complexity index is 589. The van der Waals surface area contributed by atoms with Gasteiger partial charge in [0.15, 0.2) is 0 Å². The summed E-state index contributed by atoms with van der Waals surface area (Å²) in [6, 6.07) is -0.140. The highest BCUT2D eigenvalue weighted by atomic mass is 32.2. The van der Waals surface area contributed by atoms with Crippen LogP contribution in [0.5, 0.6) is 0 Å². The lowest BCUT2D eigenvalue weighted by atomic mass is 10.1. The molecule has 2 heterocycles. The van der Waals surface area contributed by atoms with Crippen LogP contribution in [0.3, 0.4) is 0 Å². The molecule has 20 heavy (non-hydrogen) atoms. The van der Waals surface area contributed by atoms with Crippen LogP contribution in [0.15, 0.2) is 10.3 Å². The molecular weight excluding hydrogens is 300 g/mol. The van der Waals surface area contributed by atoms with Gasteiger partial charge >= 0.3 is 5.97 Å². The molecule has 0 spiro atoms. The maximum absolute atomic E-state index is 12.5. The average molecular weight is 318 g/mol. The fraction of sp³-hybridized carbons (Fsp3) is 0.583. The first-order valence-electron chi connectivity index (χ1n) is 6.35. The summed E-state index contributed by atoms with van der Waals surface area (Å²) >= 11 is 1.09. The zero-order chi connectivity index (χ0) is 14.8. The number of sulfonamides is 1. The average Bonchev–Trinajstić information content (AvgIpc) is 2.81. The Hall–Kier alpha value is -0.960. The second-order valence-electron chi connectivity index (χ2n) is 4.73. The first-order chi connectivity index (χ1) is 9.45. The van der Waals surface area contributed by atoms with Gasteiger partial charge in [0.1, 0.15) is 9.77 Å². The van der Waals surface area contributed by atoms with Crippen molar-refractivity contribution in [2.24, 2.45) is 0 Å². The van der Waals surface area contributed by atoms with Crippen LogP contribution in [0.4, 0.5) is 0 Å². The molecule has 1 aromatic heterocycles. The van der Waals surface area contributed by atoms with Gasteiger partial charge in [-0.3, -0.25) is 0 Å². The summed E-state index contributed by atoms with van der Waals surface area (Å²) in [5.74, 6) is -0.620. The van der Waals surface area contributed by atoms with Gasteiger partial charge in [0.2, 0.25) is 10.0 Å². The van der Waals surface area contributed by atoms with E-state index in [1.165, 1.54) is 7.11 Å². The predicted octanol–water partition coefficient (Wildman–Crippen LogP) is 0.873. The van der Waals surface area contributed by atoms with Gasteiger partial charge in [0.05, 0.1) is 7.11 Å². The van der Waals surface area contributed by atoms with Gasteiger partial charge in [0.25, 0.3) is 0 Å². The van der Waals surface area contributed by atoms with Gasteiger partial charge in [-0.2, -0.15) is 0 Å². The summed E-state index contributed by atoms with van der Waals surface area (Å²) in [6.07, 6.45) is 1.72. The summed E-state index contributed by atoms with van der Waals surface area (Å²) < 4.78 is 32.3. The third kappa shape index (κ3) is 3.20. The standard InChI is InChI=1S/C12H18N2O4S2/c1-8-7-19-10(12(15)18-2)11(8)20(16,17)14-9-4-3-5-13-6-9/h7,9,13-14H,3-6H2,1-2H3/t9-/m0/s1. The lowest BCUT2D eigenvalue weighted by molar-refractivity contribution is 0.0602. The van der Waals surface area contributed by atoms with Crippen LogP contribution in [0.25, 0.3) is 0 Å². The van der Waals surface area contributed by atoms with Crippen LogP contribution in [-0.4, -0.2) is 40.6 Å². The Kier molecular flexibility index (Phi) is 4.79. The Morgan fingerprint density at radius 2 is 2.30 bits per heavy atom. The number of aryl methyl sites for hydroxylation is 1. The van der Waals surface area contributed by atoms with E-state index in [1.807, 2.05) is 0 Å². The van der Waals surface area contributed by atoms with Gasteiger partial charge in [-0.1, -0.05) is 0 Å². The van der Waals surface area contributed by atoms with Gasteiger partial charge < -0.3 is 10.1 Å². The Balaban J connectivity index is 2.29. The summed E-state index contributed by atoms with van der Waals surface area (Å²) in [4.78, 5) is 11.8. The third-order valence-electron chi connectivity index (χ3n) is 3.18. The number of esters is 1. The minimum Gasteiger partial charge on any atom is -0.465 e. The number of ether oxygens (including phenoxy) is 1. The lowest BCUT2D eigenvalue weighted by Gasteiger charge is -2.23. The number of methoxy groups -OCH3 is 1.